The normalized spacial score (nSPS) is 15.6. The number of nitrogens with one attached hydrogen (secondary N) is 2. The lowest BCUT2D eigenvalue weighted by molar-refractivity contribution is -0.384. The van der Waals surface area contributed by atoms with Gasteiger partial charge in [0.2, 0.25) is 0 Å². The number of nitrogens with zero attached hydrogens (tertiary/aromatic N) is 4. The molecule has 11 nitrogen and oxygen atoms in total. The number of aromatic nitrogens is 2. The minimum absolute atomic E-state index is 0.0367. The van der Waals surface area contributed by atoms with Crippen molar-refractivity contribution in [2.45, 2.75) is 25.9 Å². The van der Waals surface area contributed by atoms with E-state index < -0.39 is 4.92 Å². The van der Waals surface area contributed by atoms with Gasteiger partial charge in [0.05, 0.1) is 35.5 Å². The first-order valence-electron chi connectivity index (χ1n) is 14.8. The number of thiocarbonyl (C=S) groups is 1. The third kappa shape index (κ3) is 6.36. The lowest BCUT2D eigenvalue weighted by atomic mass is 9.96. The number of nitro benzene ring substituents is 1. The number of benzene rings is 3. The van der Waals surface area contributed by atoms with Gasteiger partial charge in [0.15, 0.2) is 11.7 Å². The van der Waals surface area contributed by atoms with Crippen LogP contribution in [0.5, 0.6) is 11.5 Å². The third-order valence-electron chi connectivity index (χ3n) is 8.04. The van der Waals surface area contributed by atoms with Crippen molar-refractivity contribution < 1.29 is 19.2 Å². The summed E-state index contributed by atoms with van der Waals surface area (Å²) in [6, 6.07) is 28.3. The second-order valence-corrected chi connectivity index (χ2v) is 11.4. The summed E-state index contributed by atoms with van der Waals surface area (Å²) in [7, 11) is 1.54. The summed E-state index contributed by atoms with van der Waals surface area (Å²) in [6.45, 7) is 3.81. The summed E-state index contributed by atoms with van der Waals surface area (Å²) in [5.41, 5.74) is 5.44. The van der Waals surface area contributed by atoms with Gasteiger partial charge in [-0.3, -0.25) is 19.9 Å². The summed E-state index contributed by atoms with van der Waals surface area (Å²) in [5.74, 6) is 0.843. The van der Waals surface area contributed by atoms with Gasteiger partial charge >= 0.3 is 0 Å². The van der Waals surface area contributed by atoms with Crippen LogP contribution < -0.4 is 25.0 Å². The average Bonchev–Trinajstić information content (AvgIpc) is 3.58. The second kappa shape index (κ2) is 13.3. The van der Waals surface area contributed by atoms with E-state index in [-0.39, 0.29) is 30.3 Å². The van der Waals surface area contributed by atoms with Gasteiger partial charge in [-0.2, -0.15) is 0 Å². The molecule has 1 amide bonds. The molecular formula is C35H32N6O5S. The number of nitro groups is 1. The molecule has 0 saturated carbocycles. The average molecular weight is 649 g/mol. The number of methoxy groups -OCH3 is 1. The van der Waals surface area contributed by atoms with Crippen molar-refractivity contribution in [3.63, 3.8) is 0 Å². The van der Waals surface area contributed by atoms with Crippen molar-refractivity contribution in [1.29, 1.82) is 0 Å². The quantitative estimate of drug-likeness (QED) is 0.0979. The molecule has 5 aromatic rings. The zero-order chi connectivity index (χ0) is 33.1. The summed E-state index contributed by atoms with van der Waals surface area (Å²) in [4.78, 5) is 30.5. The van der Waals surface area contributed by atoms with Crippen molar-refractivity contribution in [3.05, 3.63) is 136 Å². The maximum Gasteiger partial charge on any atom is 0.271 e. The Morgan fingerprint density at radius 3 is 2.45 bits per heavy atom. The molecule has 3 heterocycles. The van der Waals surface area contributed by atoms with Crippen molar-refractivity contribution in [1.82, 2.24) is 14.9 Å². The molecule has 238 valence electrons. The highest BCUT2D eigenvalue weighted by molar-refractivity contribution is 7.80. The van der Waals surface area contributed by atoms with Gasteiger partial charge < -0.3 is 29.6 Å². The Hall–Kier alpha value is -5.75. The van der Waals surface area contributed by atoms with Crippen LogP contribution in [0.15, 0.2) is 103 Å². The standard InChI is InChI=1S/C35H32N6O5S/c1-22-19-28(23(2)39(22)30-20-26(41(43)44)16-17-31(30)45-3)34-33(29-11-7-8-18-36-29)38-35(47)40(34)25-14-12-24(13-15-25)37-32(42)21-46-27-9-5-4-6-10-27/h4-20,33-34H,21H2,1-3H3,(H,37,42)(H,38,47). The minimum atomic E-state index is -0.418. The van der Waals surface area contributed by atoms with Crippen molar-refractivity contribution >= 4 is 40.3 Å². The Balaban J connectivity index is 1.35. The number of para-hydroxylation sites is 1. The number of rotatable bonds is 10. The molecule has 2 N–H and O–H groups in total. The molecule has 1 aliphatic heterocycles. The topological polar surface area (TPSA) is 124 Å². The number of aryl methyl sites for hydroxylation is 1. The van der Waals surface area contributed by atoms with E-state index in [0.29, 0.717) is 28.0 Å². The second-order valence-electron chi connectivity index (χ2n) is 11.0. The summed E-state index contributed by atoms with van der Waals surface area (Å²) >= 11 is 5.92. The Kier molecular flexibility index (Phi) is 8.85. The number of non-ortho nitro benzene ring substituents is 1. The predicted molar refractivity (Wildman–Crippen MR) is 183 cm³/mol. The van der Waals surface area contributed by atoms with Gasteiger partial charge in [-0.15, -0.1) is 0 Å². The van der Waals surface area contributed by atoms with Crippen LogP contribution in [-0.4, -0.2) is 39.2 Å². The monoisotopic (exact) mass is 648 g/mol. The van der Waals surface area contributed by atoms with Crippen LogP contribution >= 0.6 is 12.2 Å². The van der Waals surface area contributed by atoms with Crippen molar-refractivity contribution in [2.24, 2.45) is 0 Å². The highest BCUT2D eigenvalue weighted by Gasteiger charge is 2.42. The first-order valence-corrected chi connectivity index (χ1v) is 15.3. The summed E-state index contributed by atoms with van der Waals surface area (Å²) < 4.78 is 13.2. The molecule has 47 heavy (non-hydrogen) atoms. The molecular weight excluding hydrogens is 616 g/mol. The molecule has 12 heteroatoms. The number of hydrogen-bond donors (Lipinski definition) is 2. The molecule has 1 aliphatic rings. The van der Waals surface area contributed by atoms with Crippen molar-refractivity contribution in [3.8, 4) is 17.2 Å². The molecule has 0 radical (unpaired) electrons. The fourth-order valence-electron chi connectivity index (χ4n) is 5.94. The van der Waals surface area contributed by atoms with E-state index in [4.69, 9.17) is 21.7 Å². The first-order chi connectivity index (χ1) is 22.7. The maximum atomic E-state index is 12.6. The lowest BCUT2D eigenvalue weighted by Crippen LogP contribution is -2.29. The zero-order valence-corrected chi connectivity index (χ0v) is 26.7. The van der Waals surface area contributed by atoms with Gasteiger partial charge in [-0.1, -0.05) is 24.3 Å². The molecule has 0 aliphatic carbocycles. The Morgan fingerprint density at radius 1 is 1.02 bits per heavy atom. The van der Waals surface area contributed by atoms with E-state index in [1.807, 2.05) is 84.0 Å². The number of amides is 1. The van der Waals surface area contributed by atoms with Crippen LogP contribution in [0.25, 0.3) is 5.69 Å². The molecule has 2 atom stereocenters. The van der Waals surface area contributed by atoms with Crippen molar-refractivity contribution in [2.75, 3.05) is 23.9 Å². The molecule has 1 saturated heterocycles. The van der Waals surface area contributed by atoms with Gasteiger partial charge in [0, 0.05) is 41.1 Å². The molecule has 0 spiro atoms. The molecule has 1 fully saturated rings. The first kappa shape index (κ1) is 31.2. The van der Waals surface area contributed by atoms with E-state index in [1.165, 1.54) is 12.1 Å². The number of ether oxygens (including phenoxy) is 2. The lowest BCUT2D eigenvalue weighted by Gasteiger charge is -2.28. The fraction of sp³-hybridized carbons (Fsp3) is 0.171. The number of anilines is 2. The van der Waals surface area contributed by atoms with Gasteiger partial charge in [-0.25, -0.2) is 0 Å². The van der Waals surface area contributed by atoms with E-state index in [2.05, 4.69) is 21.7 Å². The number of hydrogen-bond acceptors (Lipinski definition) is 7. The van der Waals surface area contributed by atoms with Crippen LogP contribution in [0.2, 0.25) is 0 Å². The SMILES string of the molecule is COc1ccc([N+](=O)[O-])cc1-n1c(C)cc(C2C(c3ccccn3)NC(=S)N2c2ccc(NC(=O)COc3ccccc3)cc2)c1C. The Morgan fingerprint density at radius 2 is 1.77 bits per heavy atom. The van der Waals surface area contributed by atoms with Crippen LogP contribution in [-0.2, 0) is 4.79 Å². The van der Waals surface area contributed by atoms with Crippen LogP contribution in [0.3, 0.4) is 0 Å². The number of pyridine rings is 1. The highest BCUT2D eigenvalue weighted by atomic mass is 32.1. The fourth-order valence-corrected chi connectivity index (χ4v) is 6.29. The predicted octanol–water partition coefficient (Wildman–Crippen LogP) is 6.60. The van der Waals surface area contributed by atoms with E-state index in [0.717, 1.165) is 28.3 Å². The Labute approximate surface area is 276 Å². The Bertz CT molecular complexity index is 1930. The van der Waals surface area contributed by atoms with E-state index in [9.17, 15) is 14.9 Å². The smallest absolute Gasteiger partial charge is 0.271 e. The van der Waals surface area contributed by atoms with Crippen LogP contribution in [0.4, 0.5) is 17.1 Å². The summed E-state index contributed by atoms with van der Waals surface area (Å²) in [6.07, 6.45) is 1.75. The maximum absolute atomic E-state index is 12.6. The van der Waals surface area contributed by atoms with E-state index >= 15 is 0 Å². The highest BCUT2D eigenvalue weighted by Crippen LogP contribution is 2.44. The minimum Gasteiger partial charge on any atom is -0.495 e. The number of carbonyl (C=O) groups is 1. The van der Waals surface area contributed by atoms with Crippen LogP contribution in [0.1, 0.15) is 34.7 Å². The van der Waals surface area contributed by atoms with Crippen LogP contribution in [0, 0.1) is 24.0 Å². The number of carbonyl (C=O) groups excluding carboxylic acids is 1. The molecule has 6 rings (SSSR count). The molecule has 2 unspecified atom stereocenters. The van der Waals surface area contributed by atoms with Gasteiger partial charge in [0.25, 0.3) is 11.6 Å². The van der Waals surface area contributed by atoms with Gasteiger partial charge in [0.1, 0.15) is 11.5 Å². The van der Waals surface area contributed by atoms with Gasteiger partial charge in [-0.05, 0) is 92.3 Å². The molecule has 2 aromatic heterocycles. The summed E-state index contributed by atoms with van der Waals surface area (Å²) in [5, 5.41) is 18.5. The van der Waals surface area contributed by atoms with E-state index in [1.54, 1.807) is 31.5 Å². The molecule has 3 aromatic carbocycles. The molecule has 0 bridgehead atoms. The largest absolute Gasteiger partial charge is 0.495 e. The third-order valence-corrected chi connectivity index (χ3v) is 8.36. The zero-order valence-electron chi connectivity index (χ0n) is 25.9.